The van der Waals surface area contributed by atoms with Crippen molar-refractivity contribution in [3.8, 4) is 0 Å². The first-order valence-corrected chi connectivity index (χ1v) is 10.0. The van der Waals surface area contributed by atoms with Crippen molar-refractivity contribution in [1.29, 1.82) is 0 Å². The Morgan fingerprint density at radius 3 is 2.23 bits per heavy atom. The van der Waals surface area contributed by atoms with Crippen molar-refractivity contribution in [2.45, 2.75) is 0 Å². The normalized spacial score (nSPS) is 10.3. The summed E-state index contributed by atoms with van der Waals surface area (Å²) in [6, 6.07) is 11.4. The van der Waals surface area contributed by atoms with Gasteiger partial charge in [-0.1, -0.05) is 6.07 Å². The number of benzene rings is 2. The molecule has 0 aliphatic rings. The van der Waals surface area contributed by atoms with Gasteiger partial charge < -0.3 is 21.3 Å². The Morgan fingerprint density at radius 1 is 0.839 bits per heavy atom. The number of carbonyl (C=O) groups excluding carboxylic acids is 3. The third-order valence-corrected chi connectivity index (χ3v) is 4.89. The molecule has 0 bridgehead atoms. The summed E-state index contributed by atoms with van der Waals surface area (Å²) in [4.78, 5) is 36.5. The van der Waals surface area contributed by atoms with Gasteiger partial charge in [-0.2, -0.15) is 0 Å². The summed E-state index contributed by atoms with van der Waals surface area (Å²) in [5, 5.41) is 11.9. The van der Waals surface area contributed by atoms with Crippen molar-refractivity contribution in [2.24, 2.45) is 0 Å². The zero-order valence-corrected chi connectivity index (χ0v) is 16.9. The van der Waals surface area contributed by atoms with E-state index in [4.69, 9.17) is 0 Å². The molecule has 31 heavy (non-hydrogen) atoms. The van der Waals surface area contributed by atoms with E-state index in [0.29, 0.717) is 16.1 Å². The number of urea groups is 1. The molecule has 0 atom stereocenters. The number of hydrogen-bond donors (Lipinski definition) is 4. The van der Waals surface area contributed by atoms with Crippen LogP contribution in [0.25, 0.3) is 0 Å². The Kier molecular flexibility index (Phi) is 7.28. The molecule has 3 rings (SSSR count). The minimum absolute atomic E-state index is 0.198. The maximum Gasteiger partial charge on any atom is 0.323 e. The fraction of sp³-hybridized carbons (Fsp3) is 0.0952. The van der Waals surface area contributed by atoms with Crippen LogP contribution in [0.1, 0.15) is 20.0 Å². The molecule has 10 heteroatoms. The number of amides is 4. The third-order valence-electron chi connectivity index (χ3n) is 4.02. The Balaban J connectivity index is 1.44. The van der Waals surface area contributed by atoms with Gasteiger partial charge in [0, 0.05) is 30.4 Å². The largest absolute Gasteiger partial charge is 0.350 e. The summed E-state index contributed by atoms with van der Waals surface area (Å²) >= 11 is 1.33. The highest BCUT2D eigenvalue weighted by Gasteiger charge is 2.10. The van der Waals surface area contributed by atoms with Gasteiger partial charge >= 0.3 is 6.03 Å². The number of anilines is 2. The van der Waals surface area contributed by atoms with E-state index < -0.39 is 17.7 Å². The minimum Gasteiger partial charge on any atom is -0.350 e. The van der Waals surface area contributed by atoms with Crippen LogP contribution in [0.3, 0.4) is 0 Å². The van der Waals surface area contributed by atoms with Crippen LogP contribution in [-0.2, 0) is 0 Å². The molecule has 0 spiro atoms. The smallest absolute Gasteiger partial charge is 0.323 e. The number of halogens is 2. The van der Waals surface area contributed by atoms with Crippen molar-refractivity contribution in [3.05, 3.63) is 82.1 Å². The van der Waals surface area contributed by atoms with E-state index in [1.165, 1.54) is 35.6 Å². The van der Waals surface area contributed by atoms with Crippen LogP contribution >= 0.6 is 11.3 Å². The average molecular weight is 444 g/mol. The maximum absolute atomic E-state index is 13.6. The van der Waals surface area contributed by atoms with Gasteiger partial charge in [-0.15, -0.1) is 11.3 Å². The molecule has 0 aliphatic carbocycles. The van der Waals surface area contributed by atoms with Crippen LogP contribution < -0.4 is 21.3 Å². The van der Waals surface area contributed by atoms with E-state index in [9.17, 15) is 23.2 Å². The van der Waals surface area contributed by atoms with E-state index in [2.05, 4.69) is 21.3 Å². The summed E-state index contributed by atoms with van der Waals surface area (Å²) in [6.07, 6.45) is 0. The lowest BCUT2D eigenvalue weighted by Crippen LogP contribution is -2.34. The van der Waals surface area contributed by atoms with Gasteiger partial charge in [-0.25, -0.2) is 13.6 Å². The van der Waals surface area contributed by atoms with Crippen molar-refractivity contribution in [1.82, 2.24) is 10.6 Å². The quantitative estimate of drug-likeness (QED) is 0.417. The van der Waals surface area contributed by atoms with Gasteiger partial charge in [0.05, 0.1) is 10.6 Å². The molecule has 0 saturated heterocycles. The summed E-state index contributed by atoms with van der Waals surface area (Å²) < 4.78 is 26.7. The third kappa shape index (κ3) is 6.34. The van der Waals surface area contributed by atoms with Crippen LogP contribution in [0.2, 0.25) is 0 Å². The van der Waals surface area contributed by atoms with Crippen LogP contribution in [-0.4, -0.2) is 30.9 Å². The number of thiophene rings is 1. The zero-order valence-electron chi connectivity index (χ0n) is 16.1. The van der Waals surface area contributed by atoms with Crippen LogP contribution in [0.15, 0.2) is 60.0 Å². The topological polar surface area (TPSA) is 99.3 Å². The van der Waals surface area contributed by atoms with E-state index in [1.807, 2.05) is 0 Å². The molecule has 2 aromatic carbocycles. The molecule has 0 radical (unpaired) electrons. The standard InChI is InChI=1S/C21H18F2N4O3S/c22-14-5-8-16(23)17(12-14)27-21(30)26-15-6-3-13(4-7-15)19(28)24-9-10-25-20(29)18-2-1-11-31-18/h1-8,11-12H,9-10H2,(H,24,28)(H,25,29)(H2,26,27,30). The predicted octanol–water partition coefficient (Wildman–Crippen LogP) is 3.83. The lowest BCUT2D eigenvalue weighted by Gasteiger charge is -2.10. The highest BCUT2D eigenvalue weighted by molar-refractivity contribution is 7.12. The Morgan fingerprint density at radius 2 is 1.55 bits per heavy atom. The van der Waals surface area contributed by atoms with Gasteiger partial charge in [-0.05, 0) is 47.8 Å². The second-order valence-electron chi connectivity index (χ2n) is 6.27. The van der Waals surface area contributed by atoms with E-state index in [-0.39, 0.29) is 30.6 Å². The van der Waals surface area contributed by atoms with E-state index >= 15 is 0 Å². The Hall–Kier alpha value is -3.79. The summed E-state index contributed by atoms with van der Waals surface area (Å²) in [5.41, 5.74) is 0.417. The first-order chi connectivity index (χ1) is 14.9. The van der Waals surface area contributed by atoms with Gasteiger partial charge in [0.1, 0.15) is 11.6 Å². The molecule has 0 fully saturated rings. The predicted molar refractivity (Wildman–Crippen MR) is 114 cm³/mol. The maximum atomic E-state index is 13.6. The second-order valence-corrected chi connectivity index (χ2v) is 7.22. The lowest BCUT2D eigenvalue weighted by atomic mass is 10.2. The van der Waals surface area contributed by atoms with Gasteiger partial charge in [0.2, 0.25) is 0 Å². The van der Waals surface area contributed by atoms with Gasteiger partial charge in [0.15, 0.2) is 0 Å². The highest BCUT2D eigenvalue weighted by atomic mass is 32.1. The molecule has 0 unspecified atom stereocenters. The average Bonchev–Trinajstić information content (AvgIpc) is 3.29. The molecule has 3 aromatic rings. The molecule has 0 aliphatic heterocycles. The van der Waals surface area contributed by atoms with Crippen molar-refractivity contribution in [2.75, 3.05) is 23.7 Å². The number of hydrogen-bond acceptors (Lipinski definition) is 4. The SMILES string of the molecule is O=C(Nc1ccc(C(=O)NCCNC(=O)c2cccs2)cc1)Nc1cc(F)ccc1F. The fourth-order valence-corrected chi connectivity index (χ4v) is 3.17. The summed E-state index contributed by atoms with van der Waals surface area (Å²) in [7, 11) is 0. The first-order valence-electron chi connectivity index (χ1n) is 9.15. The molecular weight excluding hydrogens is 426 g/mol. The van der Waals surface area contributed by atoms with Gasteiger partial charge in [-0.3, -0.25) is 9.59 Å². The van der Waals surface area contributed by atoms with Crippen LogP contribution in [0.5, 0.6) is 0 Å². The van der Waals surface area contributed by atoms with Crippen LogP contribution in [0, 0.1) is 11.6 Å². The zero-order chi connectivity index (χ0) is 22.2. The van der Waals surface area contributed by atoms with Crippen molar-refractivity contribution in [3.63, 3.8) is 0 Å². The highest BCUT2D eigenvalue weighted by Crippen LogP contribution is 2.16. The number of nitrogens with one attached hydrogen (secondary N) is 4. The minimum atomic E-state index is -0.768. The van der Waals surface area contributed by atoms with Crippen molar-refractivity contribution >= 4 is 40.6 Å². The first kappa shape index (κ1) is 21.9. The van der Waals surface area contributed by atoms with E-state index in [0.717, 1.165) is 18.2 Å². The molecule has 4 amide bonds. The second kappa shape index (κ2) is 10.3. The van der Waals surface area contributed by atoms with Gasteiger partial charge in [0.25, 0.3) is 11.8 Å². The van der Waals surface area contributed by atoms with Crippen molar-refractivity contribution < 1.29 is 23.2 Å². The summed E-state index contributed by atoms with van der Waals surface area (Å²) in [5.74, 6) is -1.99. The fourth-order valence-electron chi connectivity index (χ4n) is 2.53. The molecular formula is C21H18F2N4O3S. The molecule has 0 saturated carbocycles. The number of rotatable bonds is 7. The number of carbonyl (C=O) groups is 3. The molecule has 1 aromatic heterocycles. The van der Waals surface area contributed by atoms with Crippen LogP contribution in [0.4, 0.5) is 25.0 Å². The molecule has 4 N–H and O–H groups in total. The Bertz CT molecular complexity index is 1070. The Labute approximate surface area is 180 Å². The van der Waals surface area contributed by atoms with E-state index in [1.54, 1.807) is 17.5 Å². The molecule has 1 heterocycles. The monoisotopic (exact) mass is 444 g/mol. The lowest BCUT2D eigenvalue weighted by molar-refractivity contribution is 0.0929. The molecule has 7 nitrogen and oxygen atoms in total. The summed E-state index contributed by atoms with van der Waals surface area (Å²) in [6.45, 7) is 0.524. The molecule has 160 valence electrons.